The Hall–Kier alpha value is -2.55. The van der Waals surface area contributed by atoms with Crippen molar-refractivity contribution in [2.45, 2.75) is 18.9 Å². The van der Waals surface area contributed by atoms with Crippen molar-refractivity contribution in [3.05, 3.63) is 29.0 Å². The molecule has 2 aliphatic rings. The lowest BCUT2D eigenvalue weighted by Crippen LogP contribution is -2.70. The summed E-state index contributed by atoms with van der Waals surface area (Å²) < 4.78 is 0. The number of carbonyl (C=O) groups is 2. The zero-order chi connectivity index (χ0) is 16.7. The minimum Gasteiger partial charge on any atom is -0.336 e. The number of thiazole rings is 1. The van der Waals surface area contributed by atoms with E-state index >= 15 is 0 Å². The average Bonchev–Trinajstić information content (AvgIpc) is 3.17. The summed E-state index contributed by atoms with van der Waals surface area (Å²) in [6, 6.07) is 1.57. The number of nitrogens with zero attached hydrogens (tertiary/aromatic N) is 4. The van der Waals surface area contributed by atoms with Gasteiger partial charge < -0.3 is 15.5 Å². The van der Waals surface area contributed by atoms with Crippen LogP contribution in [0.5, 0.6) is 0 Å². The summed E-state index contributed by atoms with van der Waals surface area (Å²) in [4.78, 5) is 39.4. The van der Waals surface area contributed by atoms with Crippen molar-refractivity contribution in [2.24, 2.45) is 0 Å². The fraction of sp³-hybridized carbons (Fsp3) is 0.400. The molecule has 2 N–H and O–H groups in total. The van der Waals surface area contributed by atoms with Gasteiger partial charge in [0.2, 0.25) is 0 Å². The molecule has 2 saturated heterocycles. The van der Waals surface area contributed by atoms with E-state index in [2.05, 4.69) is 25.6 Å². The van der Waals surface area contributed by atoms with E-state index in [9.17, 15) is 9.59 Å². The Bertz CT molecular complexity index is 800. The van der Waals surface area contributed by atoms with Crippen molar-refractivity contribution in [1.82, 2.24) is 30.5 Å². The number of rotatable bonds is 3. The number of amides is 3. The Labute approximate surface area is 142 Å². The second kappa shape index (κ2) is 5.52. The van der Waals surface area contributed by atoms with E-state index in [4.69, 9.17) is 0 Å². The first kappa shape index (κ1) is 15.0. The third-order valence-electron chi connectivity index (χ3n) is 4.22. The van der Waals surface area contributed by atoms with Gasteiger partial charge in [0.15, 0.2) is 10.8 Å². The molecule has 0 unspecified atom stereocenters. The molecule has 4 rings (SSSR count). The summed E-state index contributed by atoms with van der Waals surface area (Å²) in [6.07, 6.45) is 3.99. The van der Waals surface area contributed by atoms with E-state index in [0.29, 0.717) is 41.8 Å². The van der Waals surface area contributed by atoms with Gasteiger partial charge in [-0.15, -0.1) is 11.3 Å². The van der Waals surface area contributed by atoms with Crippen molar-refractivity contribution in [3.63, 3.8) is 0 Å². The Morgan fingerprint density at radius 2 is 2.12 bits per heavy atom. The largest absolute Gasteiger partial charge is 0.336 e. The standard InChI is InChI=1S/C15H16N6O2S/c1-2-9-10(24-12(19-9)11-16-4-3-5-17-11)13(22)21-7-15(8-21)6-18-14(23)20-15/h3-5H,2,6-8H2,1H3,(H2,18,20,23). The fourth-order valence-electron chi connectivity index (χ4n) is 3.00. The van der Waals surface area contributed by atoms with Crippen LogP contribution in [-0.4, -0.2) is 57.0 Å². The van der Waals surface area contributed by atoms with E-state index in [0.717, 1.165) is 5.69 Å². The molecule has 0 aromatic carbocycles. The highest BCUT2D eigenvalue weighted by Gasteiger charge is 2.50. The predicted molar refractivity (Wildman–Crippen MR) is 87.7 cm³/mol. The number of aryl methyl sites for hydroxylation is 1. The molecule has 2 aromatic heterocycles. The number of nitrogens with one attached hydrogen (secondary N) is 2. The fourth-order valence-corrected chi connectivity index (χ4v) is 4.07. The second-order valence-electron chi connectivity index (χ2n) is 5.97. The lowest BCUT2D eigenvalue weighted by atomic mass is 9.90. The lowest BCUT2D eigenvalue weighted by molar-refractivity contribution is 0.0400. The van der Waals surface area contributed by atoms with Gasteiger partial charge in [0.25, 0.3) is 5.91 Å². The molecule has 124 valence electrons. The monoisotopic (exact) mass is 344 g/mol. The lowest BCUT2D eigenvalue weighted by Gasteiger charge is -2.46. The highest BCUT2D eigenvalue weighted by molar-refractivity contribution is 7.17. The third kappa shape index (κ3) is 2.41. The zero-order valence-electron chi connectivity index (χ0n) is 13.1. The topological polar surface area (TPSA) is 100 Å². The molecule has 9 heteroatoms. The van der Waals surface area contributed by atoms with E-state index in [1.54, 1.807) is 23.4 Å². The predicted octanol–water partition coefficient (Wildman–Crippen LogP) is 0.670. The van der Waals surface area contributed by atoms with Crippen LogP contribution in [0, 0.1) is 0 Å². The number of carbonyl (C=O) groups excluding carboxylic acids is 2. The van der Waals surface area contributed by atoms with Gasteiger partial charge >= 0.3 is 6.03 Å². The van der Waals surface area contributed by atoms with E-state index < -0.39 is 0 Å². The summed E-state index contributed by atoms with van der Waals surface area (Å²) in [5, 5.41) is 6.29. The molecule has 0 aliphatic carbocycles. The number of hydrogen-bond donors (Lipinski definition) is 2. The Morgan fingerprint density at radius 1 is 1.38 bits per heavy atom. The highest BCUT2D eigenvalue weighted by atomic mass is 32.1. The van der Waals surface area contributed by atoms with Crippen LogP contribution in [-0.2, 0) is 6.42 Å². The molecular formula is C15H16N6O2S. The second-order valence-corrected chi connectivity index (χ2v) is 6.97. The Kier molecular flexibility index (Phi) is 3.45. The minimum absolute atomic E-state index is 0.0432. The first-order valence-corrected chi connectivity index (χ1v) is 8.54. The number of urea groups is 1. The van der Waals surface area contributed by atoms with Gasteiger partial charge in [-0.05, 0) is 12.5 Å². The molecule has 1 spiro atoms. The Morgan fingerprint density at radius 3 is 2.75 bits per heavy atom. The SMILES string of the molecule is CCc1nc(-c2ncccn2)sc1C(=O)N1CC2(CNC(=O)N2)C1. The number of likely N-dealkylation sites (tertiary alicyclic amines) is 1. The van der Waals surface area contributed by atoms with Gasteiger partial charge in [0, 0.05) is 32.0 Å². The van der Waals surface area contributed by atoms with Crippen LogP contribution in [0.4, 0.5) is 4.79 Å². The normalized spacial score (nSPS) is 18.2. The van der Waals surface area contributed by atoms with Crippen LogP contribution in [0.15, 0.2) is 18.5 Å². The molecule has 2 aromatic rings. The van der Waals surface area contributed by atoms with Crippen LogP contribution in [0.1, 0.15) is 22.3 Å². The van der Waals surface area contributed by atoms with Crippen LogP contribution >= 0.6 is 11.3 Å². The molecule has 8 nitrogen and oxygen atoms in total. The van der Waals surface area contributed by atoms with Gasteiger partial charge in [-0.1, -0.05) is 6.92 Å². The summed E-state index contributed by atoms with van der Waals surface area (Å²) in [7, 11) is 0. The minimum atomic E-state index is -0.310. The van der Waals surface area contributed by atoms with Gasteiger partial charge in [-0.25, -0.2) is 19.7 Å². The van der Waals surface area contributed by atoms with E-state index in [1.807, 2.05) is 6.92 Å². The quantitative estimate of drug-likeness (QED) is 0.852. The number of aromatic nitrogens is 3. The van der Waals surface area contributed by atoms with Gasteiger partial charge in [-0.2, -0.15) is 0 Å². The summed E-state index contributed by atoms with van der Waals surface area (Å²) in [6.45, 7) is 3.56. The maximum absolute atomic E-state index is 12.8. The molecule has 3 amide bonds. The molecule has 0 saturated carbocycles. The van der Waals surface area contributed by atoms with Crippen molar-refractivity contribution in [2.75, 3.05) is 19.6 Å². The summed E-state index contributed by atoms with van der Waals surface area (Å²) in [5.74, 6) is 0.488. The van der Waals surface area contributed by atoms with Crippen LogP contribution in [0.25, 0.3) is 10.8 Å². The van der Waals surface area contributed by atoms with Crippen molar-refractivity contribution in [3.8, 4) is 10.8 Å². The summed E-state index contributed by atoms with van der Waals surface area (Å²) in [5.41, 5.74) is 0.455. The van der Waals surface area contributed by atoms with Gasteiger partial charge in [0.05, 0.1) is 11.2 Å². The zero-order valence-corrected chi connectivity index (χ0v) is 13.9. The van der Waals surface area contributed by atoms with Crippen molar-refractivity contribution >= 4 is 23.3 Å². The van der Waals surface area contributed by atoms with E-state index in [1.165, 1.54) is 11.3 Å². The van der Waals surface area contributed by atoms with Crippen LogP contribution in [0.3, 0.4) is 0 Å². The van der Waals surface area contributed by atoms with Crippen LogP contribution < -0.4 is 10.6 Å². The van der Waals surface area contributed by atoms with Crippen LogP contribution in [0.2, 0.25) is 0 Å². The molecule has 2 aliphatic heterocycles. The molecule has 0 bridgehead atoms. The highest BCUT2D eigenvalue weighted by Crippen LogP contribution is 2.31. The molecular weight excluding hydrogens is 328 g/mol. The van der Waals surface area contributed by atoms with Gasteiger partial charge in [0.1, 0.15) is 4.88 Å². The first-order valence-electron chi connectivity index (χ1n) is 7.72. The molecule has 4 heterocycles. The molecule has 0 atom stereocenters. The maximum atomic E-state index is 12.8. The van der Waals surface area contributed by atoms with Crippen molar-refractivity contribution in [1.29, 1.82) is 0 Å². The first-order chi connectivity index (χ1) is 11.6. The Balaban J connectivity index is 1.55. The smallest absolute Gasteiger partial charge is 0.315 e. The summed E-state index contributed by atoms with van der Waals surface area (Å²) >= 11 is 1.32. The molecule has 0 radical (unpaired) electrons. The molecule has 24 heavy (non-hydrogen) atoms. The third-order valence-corrected chi connectivity index (χ3v) is 5.31. The number of hydrogen-bond acceptors (Lipinski definition) is 6. The van der Waals surface area contributed by atoms with Gasteiger partial charge in [-0.3, -0.25) is 4.79 Å². The van der Waals surface area contributed by atoms with E-state index in [-0.39, 0.29) is 17.5 Å². The maximum Gasteiger partial charge on any atom is 0.315 e. The molecule has 2 fully saturated rings. The van der Waals surface area contributed by atoms with Crippen molar-refractivity contribution < 1.29 is 9.59 Å². The average molecular weight is 344 g/mol.